The molecule has 0 aliphatic carbocycles. The molecule has 3 fully saturated rings. The summed E-state index contributed by atoms with van der Waals surface area (Å²) in [6.07, 6.45) is 0. The molecule has 0 amide bonds. The Labute approximate surface area is 408 Å². The van der Waals surface area contributed by atoms with Gasteiger partial charge in [0.15, 0.2) is 0 Å². The number of halogens is 3. The summed E-state index contributed by atoms with van der Waals surface area (Å²) < 4.78 is 26.4. The van der Waals surface area contributed by atoms with Gasteiger partial charge in [-0.05, 0) is 117 Å². The molecule has 9 rings (SSSR count). The van der Waals surface area contributed by atoms with Crippen molar-refractivity contribution in [1.82, 2.24) is 24.8 Å². The van der Waals surface area contributed by atoms with Crippen LogP contribution in [-0.4, -0.2) is 122 Å². The minimum Gasteiger partial charge on any atom is -0.399 e. The molecule has 0 atom stereocenters. The lowest BCUT2D eigenvalue weighted by Crippen LogP contribution is -2.41. The van der Waals surface area contributed by atoms with Gasteiger partial charge in [-0.3, -0.25) is 9.80 Å². The number of rotatable bonds is 9. The number of aromatic nitrogens is 3. The van der Waals surface area contributed by atoms with Gasteiger partial charge in [0.05, 0.1) is 54.2 Å². The summed E-state index contributed by atoms with van der Waals surface area (Å²) in [4.78, 5) is 18.6. The fourth-order valence-electron chi connectivity index (χ4n) is 7.12. The van der Waals surface area contributed by atoms with Gasteiger partial charge in [0.2, 0.25) is 0 Å². The van der Waals surface area contributed by atoms with E-state index in [0.717, 1.165) is 142 Å². The maximum absolute atomic E-state index is 6.31. The van der Waals surface area contributed by atoms with E-state index in [1.807, 2.05) is 72.8 Å². The van der Waals surface area contributed by atoms with Crippen LogP contribution in [-0.2, 0) is 18.8 Å². The molecule has 3 saturated heterocycles. The number of para-hydroxylation sites is 3. The highest BCUT2D eigenvalue weighted by Crippen LogP contribution is 2.37. The second kappa shape index (κ2) is 25.6. The van der Waals surface area contributed by atoms with Crippen molar-refractivity contribution < 1.29 is 18.8 Å². The molecule has 15 heteroatoms. The predicted octanol–water partition coefficient (Wildman–Crippen LogP) is 11.3. The van der Waals surface area contributed by atoms with Crippen LogP contribution in [0.3, 0.4) is 0 Å². The van der Waals surface area contributed by atoms with Crippen molar-refractivity contribution in [2.45, 2.75) is 68.6 Å². The number of nitrogens with zero attached hydrogens (tertiary/aromatic N) is 5. The van der Waals surface area contributed by atoms with Crippen LogP contribution < -0.4 is 16.1 Å². The number of nitrogens with one attached hydrogen (secondary N) is 2. The maximum Gasteiger partial charge on any atom is 0.495 e. The third kappa shape index (κ3) is 14.4. The first-order valence-corrected chi connectivity index (χ1v) is 22.9. The lowest BCUT2D eigenvalue weighted by Gasteiger charge is -2.32. The van der Waals surface area contributed by atoms with Crippen LogP contribution in [0.1, 0.15) is 57.4 Å². The number of ether oxygens (including phenoxy) is 2. The molecule has 0 radical (unpaired) electrons. The summed E-state index contributed by atoms with van der Waals surface area (Å²) in [5.41, 5.74) is 3.24. The van der Waals surface area contributed by atoms with Crippen molar-refractivity contribution in [3.05, 3.63) is 105 Å². The standard InChI is InChI=1S/C21H30BN3O3.C15H18BrN3O.C9H5Br2N.4CH4/c1-20(2)21(3,4)28-22(27-20)17-15-19(24-18-8-6-5-7-16(17)18)23-9-10-25-11-13-26-14-12-25;16-13-11-15(18-14-4-2-1-3-12(13)14)17-5-6-19-7-9-20-10-8-19;10-7-5-9(11)12-8-4-2-1-3-6(7)8;;;;/h5-8,15H,9-14H2,1-4H3,(H,23,24);1-4,11H,5-10H2,(H,17,18);1-5H;4*1H4. The molecule has 6 aromatic rings. The van der Waals surface area contributed by atoms with Gasteiger partial charge in [-0.25, -0.2) is 15.0 Å². The number of pyridine rings is 3. The quantitative estimate of drug-likeness (QED) is 0.107. The number of hydrogen-bond acceptors (Lipinski definition) is 11. The molecule has 0 bridgehead atoms. The van der Waals surface area contributed by atoms with E-state index in [0.29, 0.717) is 0 Å². The monoisotopic (exact) mass is 1070 g/mol. The molecule has 0 saturated carbocycles. The van der Waals surface area contributed by atoms with Gasteiger partial charge in [0, 0.05) is 77.5 Å². The Morgan fingerprint density at radius 3 is 1.42 bits per heavy atom. The number of anilines is 2. The Hall–Kier alpha value is -3.25. The van der Waals surface area contributed by atoms with E-state index in [4.69, 9.17) is 23.8 Å². The van der Waals surface area contributed by atoms with E-state index in [2.05, 4.69) is 124 Å². The molecule has 6 heterocycles. The average molecular weight is 1070 g/mol. The molecule has 11 nitrogen and oxygen atoms in total. The third-order valence-corrected chi connectivity index (χ3v) is 12.9. The molecular formula is C49H69BBr3N7O4. The molecular weight excluding hydrogens is 1000 g/mol. The van der Waals surface area contributed by atoms with Crippen LogP contribution in [0.15, 0.2) is 105 Å². The predicted molar refractivity (Wildman–Crippen MR) is 282 cm³/mol. The van der Waals surface area contributed by atoms with Crippen molar-refractivity contribution >= 4 is 105 Å². The van der Waals surface area contributed by atoms with E-state index < -0.39 is 7.12 Å². The first-order chi connectivity index (χ1) is 29.0. The van der Waals surface area contributed by atoms with Gasteiger partial charge in [-0.2, -0.15) is 0 Å². The lowest BCUT2D eigenvalue weighted by molar-refractivity contribution is 0.00578. The van der Waals surface area contributed by atoms with Crippen LogP contribution in [0, 0.1) is 0 Å². The number of hydrogen-bond donors (Lipinski definition) is 2. The second-order valence-corrected chi connectivity index (χ2v) is 18.4. The SMILES string of the molecule is Brc1cc(Br)c2ccccc2n1.Brc1cc(NCCN2CCOCC2)nc2ccccc12.C.C.C.C.CC1(C)OB(c2cc(NCCN3CCOCC3)nc3ccccc23)OC1(C)C. The highest BCUT2D eigenvalue weighted by Gasteiger charge is 2.52. The van der Waals surface area contributed by atoms with Crippen LogP contribution in [0.4, 0.5) is 11.6 Å². The topological polar surface area (TPSA) is 106 Å². The summed E-state index contributed by atoms with van der Waals surface area (Å²) in [6.45, 7) is 19.4. The molecule has 3 aliphatic heterocycles. The Bertz CT molecular complexity index is 2350. The third-order valence-electron chi connectivity index (χ3n) is 11.2. The number of fused-ring (bicyclic) bond motifs is 3. The minimum atomic E-state index is -0.405. The van der Waals surface area contributed by atoms with Gasteiger partial charge in [0.25, 0.3) is 0 Å². The summed E-state index contributed by atoms with van der Waals surface area (Å²) in [7, 11) is -0.405. The van der Waals surface area contributed by atoms with Gasteiger partial charge >= 0.3 is 7.12 Å². The van der Waals surface area contributed by atoms with Crippen LogP contribution in [0.5, 0.6) is 0 Å². The van der Waals surface area contributed by atoms with Gasteiger partial charge < -0.3 is 29.4 Å². The number of benzene rings is 3. The van der Waals surface area contributed by atoms with E-state index in [9.17, 15) is 0 Å². The van der Waals surface area contributed by atoms with Crippen molar-refractivity contribution in [1.29, 1.82) is 0 Å². The normalized spacial score (nSPS) is 16.7. The highest BCUT2D eigenvalue weighted by atomic mass is 79.9. The Morgan fingerprint density at radius 2 is 0.938 bits per heavy atom. The second-order valence-electron chi connectivity index (χ2n) is 15.9. The van der Waals surface area contributed by atoms with E-state index in [1.54, 1.807) is 0 Å². The van der Waals surface area contributed by atoms with Crippen LogP contribution in [0.25, 0.3) is 32.7 Å². The fourth-order valence-corrected chi connectivity index (χ4v) is 8.95. The summed E-state index contributed by atoms with van der Waals surface area (Å²) in [5.74, 6) is 1.78. The lowest BCUT2D eigenvalue weighted by atomic mass is 9.77. The van der Waals surface area contributed by atoms with Gasteiger partial charge in [-0.15, -0.1) is 0 Å². The molecule has 0 spiro atoms. The maximum atomic E-state index is 6.31. The molecule has 3 aromatic heterocycles. The molecule has 64 heavy (non-hydrogen) atoms. The van der Waals surface area contributed by atoms with Crippen molar-refractivity contribution in [3.63, 3.8) is 0 Å². The average Bonchev–Trinajstić information content (AvgIpc) is 3.47. The van der Waals surface area contributed by atoms with Crippen LogP contribution in [0.2, 0.25) is 0 Å². The summed E-state index contributed by atoms with van der Waals surface area (Å²) in [6, 6.07) is 30.4. The zero-order chi connectivity index (χ0) is 42.1. The zero-order valence-corrected chi connectivity index (χ0v) is 39.5. The molecule has 3 aliphatic rings. The smallest absolute Gasteiger partial charge is 0.399 e. The zero-order valence-electron chi connectivity index (χ0n) is 34.7. The molecule has 3 aromatic carbocycles. The molecule has 348 valence electrons. The Balaban J connectivity index is 0.000000266. The van der Waals surface area contributed by atoms with E-state index >= 15 is 0 Å². The Morgan fingerprint density at radius 1 is 0.547 bits per heavy atom. The molecule has 0 unspecified atom stereocenters. The minimum absolute atomic E-state index is 0. The number of morpholine rings is 2. The van der Waals surface area contributed by atoms with Gasteiger partial charge in [0.1, 0.15) is 16.2 Å². The molecule has 2 N–H and O–H groups in total. The Kier molecular flexibility index (Phi) is 22.0. The van der Waals surface area contributed by atoms with Gasteiger partial charge in [-0.1, -0.05) is 84.3 Å². The van der Waals surface area contributed by atoms with Crippen molar-refractivity contribution in [3.8, 4) is 0 Å². The van der Waals surface area contributed by atoms with Crippen molar-refractivity contribution in [2.24, 2.45) is 0 Å². The summed E-state index contributed by atoms with van der Waals surface area (Å²) >= 11 is 10.4. The van der Waals surface area contributed by atoms with Crippen molar-refractivity contribution in [2.75, 3.05) is 89.4 Å². The fraction of sp³-hybridized carbons (Fsp3) is 0.449. The van der Waals surface area contributed by atoms with E-state index in [-0.39, 0.29) is 40.9 Å². The highest BCUT2D eigenvalue weighted by molar-refractivity contribution is 9.11. The first kappa shape index (κ1) is 55.1. The van der Waals surface area contributed by atoms with E-state index in [1.165, 1.54) is 0 Å². The first-order valence-electron chi connectivity index (χ1n) is 20.6. The van der Waals surface area contributed by atoms with Crippen LogP contribution >= 0.6 is 47.8 Å². The largest absolute Gasteiger partial charge is 0.495 e. The summed E-state index contributed by atoms with van der Waals surface area (Å²) in [5, 5.41) is 10.2.